The molecule has 3 rings (SSSR count). The maximum Gasteiger partial charge on any atom is 0.0457 e. The zero-order chi connectivity index (χ0) is 20.8. The summed E-state index contributed by atoms with van der Waals surface area (Å²) in [6, 6.07) is 15.3. The zero-order valence-corrected chi connectivity index (χ0v) is 18.0. The third-order valence-corrected chi connectivity index (χ3v) is 5.32. The number of allylic oxidation sites excluding steroid dienone is 2. The summed E-state index contributed by atoms with van der Waals surface area (Å²) in [7, 11) is 0. The Labute approximate surface area is 176 Å². The molecule has 0 aromatic heterocycles. The Kier molecular flexibility index (Phi) is 6.95. The molecule has 1 heterocycles. The second kappa shape index (κ2) is 9.62. The smallest absolute Gasteiger partial charge is 0.0457 e. The van der Waals surface area contributed by atoms with E-state index in [4.69, 9.17) is 0 Å². The van der Waals surface area contributed by atoms with Crippen molar-refractivity contribution in [3.05, 3.63) is 95.3 Å². The molecule has 29 heavy (non-hydrogen) atoms. The van der Waals surface area contributed by atoms with Gasteiger partial charge in [0, 0.05) is 49.8 Å². The van der Waals surface area contributed by atoms with Gasteiger partial charge in [0.15, 0.2) is 0 Å². The van der Waals surface area contributed by atoms with Gasteiger partial charge in [-0.05, 0) is 49.6 Å². The highest BCUT2D eigenvalue weighted by atomic mass is 15.3. The van der Waals surface area contributed by atoms with Crippen LogP contribution in [-0.2, 0) is 6.54 Å². The molecule has 0 radical (unpaired) electrons. The van der Waals surface area contributed by atoms with Crippen molar-refractivity contribution in [2.24, 2.45) is 0 Å². The summed E-state index contributed by atoms with van der Waals surface area (Å²) in [6.07, 6.45) is 4.27. The molecule has 0 aliphatic carbocycles. The van der Waals surface area contributed by atoms with Crippen molar-refractivity contribution < 1.29 is 0 Å². The van der Waals surface area contributed by atoms with E-state index in [2.05, 4.69) is 96.7 Å². The van der Waals surface area contributed by atoms with Crippen LogP contribution in [-0.4, -0.2) is 36.0 Å². The predicted molar refractivity (Wildman–Crippen MR) is 126 cm³/mol. The molecule has 2 aromatic rings. The van der Waals surface area contributed by atoms with Crippen LogP contribution in [0.25, 0.3) is 6.08 Å². The quantitative estimate of drug-likeness (QED) is 0.625. The number of nitrogens with one attached hydrogen (secondary N) is 1. The van der Waals surface area contributed by atoms with Crippen molar-refractivity contribution in [3.8, 4) is 0 Å². The van der Waals surface area contributed by atoms with Crippen LogP contribution >= 0.6 is 0 Å². The fraction of sp³-hybridized carbons (Fsp3) is 0.308. The first-order valence-electron chi connectivity index (χ1n) is 10.3. The summed E-state index contributed by atoms with van der Waals surface area (Å²) in [6.45, 7) is 19.7. The molecule has 1 saturated heterocycles. The number of rotatable bonds is 7. The van der Waals surface area contributed by atoms with Gasteiger partial charge >= 0.3 is 0 Å². The zero-order valence-electron chi connectivity index (χ0n) is 18.0. The van der Waals surface area contributed by atoms with Gasteiger partial charge < -0.3 is 10.2 Å². The minimum atomic E-state index is 0.939. The molecule has 0 spiro atoms. The van der Waals surface area contributed by atoms with Crippen LogP contribution in [0.3, 0.4) is 0 Å². The normalized spacial score (nSPS) is 14.9. The van der Waals surface area contributed by atoms with E-state index in [0.29, 0.717) is 0 Å². The van der Waals surface area contributed by atoms with Crippen LogP contribution < -0.4 is 5.32 Å². The SMILES string of the molecule is C=C(C)Nc1cc(C)ccc1/C=C/C(=C)N1CCN(Cc2ccc(C)cc2)CC1. The van der Waals surface area contributed by atoms with Crippen molar-refractivity contribution in [1.29, 1.82) is 0 Å². The number of anilines is 1. The van der Waals surface area contributed by atoms with E-state index in [1.54, 1.807) is 0 Å². The van der Waals surface area contributed by atoms with Gasteiger partial charge in [-0.3, -0.25) is 4.90 Å². The highest BCUT2D eigenvalue weighted by Gasteiger charge is 2.17. The lowest BCUT2D eigenvalue weighted by atomic mass is 10.1. The fourth-order valence-corrected chi connectivity index (χ4v) is 3.59. The van der Waals surface area contributed by atoms with Crippen LogP contribution in [0.4, 0.5) is 5.69 Å². The Morgan fingerprint density at radius 2 is 1.62 bits per heavy atom. The molecule has 1 aliphatic heterocycles. The summed E-state index contributed by atoms with van der Waals surface area (Å²) in [5.41, 5.74) is 8.18. The Morgan fingerprint density at radius 3 is 2.28 bits per heavy atom. The molecular weight excluding hydrogens is 354 g/mol. The first kappa shape index (κ1) is 20.9. The molecule has 3 nitrogen and oxygen atoms in total. The van der Waals surface area contributed by atoms with Gasteiger partial charge in [-0.2, -0.15) is 0 Å². The Balaban J connectivity index is 1.56. The molecule has 0 bridgehead atoms. The van der Waals surface area contributed by atoms with Crippen molar-refractivity contribution in [1.82, 2.24) is 9.80 Å². The van der Waals surface area contributed by atoms with Crippen LogP contribution in [0, 0.1) is 13.8 Å². The molecular formula is C26H33N3. The van der Waals surface area contributed by atoms with E-state index in [9.17, 15) is 0 Å². The molecule has 0 saturated carbocycles. The summed E-state index contributed by atoms with van der Waals surface area (Å²) in [5, 5.41) is 3.35. The molecule has 2 aromatic carbocycles. The number of benzene rings is 2. The molecule has 1 N–H and O–H groups in total. The summed E-state index contributed by atoms with van der Waals surface area (Å²) in [4.78, 5) is 4.90. The van der Waals surface area contributed by atoms with Crippen LogP contribution in [0.5, 0.6) is 0 Å². The molecule has 0 atom stereocenters. The topological polar surface area (TPSA) is 18.5 Å². The lowest BCUT2D eigenvalue weighted by Crippen LogP contribution is -2.44. The van der Waals surface area contributed by atoms with E-state index in [1.807, 2.05) is 6.92 Å². The Bertz CT molecular complexity index is 885. The van der Waals surface area contributed by atoms with Gasteiger partial charge in [0.25, 0.3) is 0 Å². The minimum absolute atomic E-state index is 0.939. The summed E-state index contributed by atoms with van der Waals surface area (Å²) in [5.74, 6) is 0. The highest BCUT2D eigenvalue weighted by molar-refractivity contribution is 5.69. The maximum atomic E-state index is 4.30. The average Bonchev–Trinajstić information content (AvgIpc) is 2.69. The van der Waals surface area contributed by atoms with E-state index < -0.39 is 0 Å². The third-order valence-electron chi connectivity index (χ3n) is 5.32. The molecule has 1 fully saturated rings. The van der Waals surface area contributed by atoms with Crippen LogP contribution in [0.2, 0.25) is 0 Å². The van der Waals surface area contributed by atoms with E-state index in [0.717, 1.165) is 55.4 Å². The summed E-state index contributed by atoms with van der Waals surface area (Å²) < 4.78 is 0. The van der Waals surface area contributed by atoms with Gasteiger partial charge in [-0.25, -0.2) is 0 Å². The molecule has 0 unspecified atom stereocenters. The number of hydrogen-bond acceptors (Lipinski definition) is 3. The number of aryl methyl sites for hydroxylation is 2. The molecule has 1 aliphatic rings. The number of hydrogen-bond donors (Lipinski definition) is 1. The van der Waals surface area contributed by atoms with Crippen molar-refractivity contribution in [2.45, 2.75) is 27.3 Å². The van der Waals surface area contributed by atoms with Gasteiger partial charge in [0.2, 0.25) is 0 Å². The molecule has 3 heteroatoms. The van der Waals surface area contributed by atoms with Gasteiger partial charge in [0.05, 0.1) is 0 Å². The van der Waals surface area contributed by atoms with Crippen molar-refractivity contribution in [2.75, 3.05) is 31.5 Å². The first-order chi connectivity index (χ1) is 13.9. The van der Waals surface area contributed by atoms with Gasteiger partial charge in [0.1, 0.15) is 0 Å². The lowest BCUT2D eigenvalue weighted by molar-refractivity contribution is 0.156. The summed E-state index contributed by atoms with van der Waals surface area (Å²) >= 11 is 0. The lowest BCUT2D eigenvalue weighted by Gasteiger charge is -2.36. The second-order valence-electron chi connectivity index (χ2n) is 8.07. The largest absolute Gasteiger partial charge is 0.369 e. The molecule has 0 amide bonds. The van der Waals surface area contributed by atoms with Gasteiger partial charge in [-0.1, -0.05) is 61.2 Å². The number of nitrogens with zero attached hydrogens (tertiary/aromatic N) is 2. The van der Waals surface area contributed by atoms with Crippen molar-refractivity contribution in [3.63, 3.8) is 0 Å². The number of piperazine rings is 1. The fourth-order valence-electron chi connectivity index (χ4n) is 3.59. The molecule has 152 valence electrons. The van der Waals surface area contributed by atoms with Gasteiger partial charge in [-0.15, -0.1) is 0 Å². The van der Waals surface area contributed by atoms with Crippen molar-refractivity contribution >= 4 is 11.8 Å². The van der Waals surface area contributed by atoms with E-state index >= 15 is 0 Å². The average molecular weight is 388 g/mol. The Hall–Kier alpha value is -2.78. The third kappa shape index (κ3) is 6.10. The highest BCUT2D eigenvalue weighted by Crippen LogP contribution is 2.22. The minimum Gasteiger partial charge on any atom is -0.369 e. The Morgan fingerprint density at radius 1 is 0.966 bits per heavy atom. The van der Waals surface area contributed by atoms with E-state index in [1.165, 1.54) is 16.7 Å². The van der Waals surface area contributed by atoms with Crippen LogP contribution in [0.15, 0.2) is 73.1 Å². The van der Waals surface area contributed by atoms with E-state index in [-0.39, 0.29) is 0 Å². The maximum absolute atomic E-state index is 4.30. The standard InChI is InChI=1S/C26H33N3/c1-20(2)27-26-18-22(4)8-12-25(26)13-9-23(5)29-16-14-28(15-17-29)19-24-10-6-21(3)7-11-24/h6-13,18,27H,1,5,14-17,19H2,2-4H3/b13-9+. The monoisotopic (exact) mass is 387 g/mol. The first-order valence-corrected chi connectivity index (χ1v) is 10.3. The second-order valence-corrected chi connectivity index (χ2v) is 8.07. The predicted octanol–water partition coefficient (Wildman–Crippen LogP) is 5.59. The van der Waals surface area contributed by atoms with Crippen LogP contribution in [0.1, 0.15) is 29.2 Å².